The van der Waals surface area contributed by atoms with E-state index in [0.29, 0.717) is 35.2 Å². The van der Waals surface area contributed by atoms with Crippen LogP contribution in [0.1, 0.15) is 58.6 Å². The van der Waals surface area contributed by atoms with E-state index in [1.54, 1.807) is 30.3 Å². The number of carbonyl (C=O) groups is 1. The average molecular weight is 592 g/mol. The van der Waals surface area contributed by atoms with E-state index in [1.807, 2.05) is 12.1 Å². The van der Waals surface area contributed by atoms with Crippen LogP contribution in [0.2, 0.25) is 5.02 Å². The van der Waals surface area contributed by atoms with Crippen molar-refractivity contribution in [3.05, 3.63) is 88.0 Å². The van der Waals surface area contributed by atoms with Crippen LogP contribution in [0.25, 0.3) is 11.0 Å². The lowest BCUT2D eigenvalue weighted by molar-refractivity contribution is -0.0592. The van der Waals surface area contributed by atoms with Crippen molar-refractivity contribution in [2.24, 2.45) is 0 Å². The maximum atomic E-state index is 14.7. The molecule has 3 aliphatic heterocycles. The minimum absolute atomic E-state index is 0.122. The number of fused-ring (bicyclic) bond motifs is 2. The maximum absolute atomic E-state index is 14.7. The molecular weight excluding hydrogens is 561 g/mol. The summed E-state index contributed by atoms with van der Waals surface area (Å²) in [6, 6.07) is 15.7. The van der Waals surface area contributed by atoms with Crippen molar-refractivity contribution in [2.45, 2.75) is 50.5 Å². The van der Waals surface area contributed by atoms with Gasteiger partial charge in [-0.2, -0.15) is 0 Å². The highest BCUT2D eigenvalue weighted by Crippen LogP contribution is 2.45. The molecule has 4 aromatic rings. The number of hydrogen-bond acceptors (Lipinski definition) is 6. The fourth-order valence-electron chi connectivity index (χ4n) is 6.22. The second kappa shape index (κ2) is 11.2. The largest absolute Gasteiger partial charge is 0.485 e. The van der Waals surface area contributed by atoms with Gasteiger partial charge in [-0.15, -0.1) is 0 Å². The topological polar surface area (TPSA) is 86.0 Å². The average Bonchev–Trinajstić information content (AvgIpc) is 3.30. The molecular formula is C32H31ClFN3O5. The smallest absolute Gasteiger partial charge is 0.335 e. The van der Waals surface area contributed by atoms with Gasteiger partial charge in [0.15, 0.2) is 17.6 Å². The number of nitrogens with zero attached hydrogens (tertiary/aromatic N) is 3. The molecule has 0 amide bonds. The minimum Gasteiger partial charge on any atom is -0.485 e. The predicted molar refractivity (Wildman–Crippen MR) is 155 cm³/mol. The van der Waals surface area contributed by atoms with Crippen molar-refractivity contribution in [1.82, 2.24) is 14.5 Å². The molecule has 1 N–H and O–H groups in total. The van der Waals surface area contributed by atoms with Crippen LogP contribution >= 0.6 is 11.6 Å². The second-order valence-corrected chi connectivity index (χ2v) is 11.7. The standard InChI is InChI=1S/C32H31ClFN3O5/c33-21-5-6-24(25(34)15-21)29-18-41-28-3-1-2-23(31(28)42-29)19-8-11-36(12-9-19)17-30-35-26-7-4-20(32(38)39)14-27(26)37(30)16-22-10-13-40-22/h1-7,14-15,19,22,29H,8-13,16-18H2,(H,38,39)/t22-,29-/m0/s1. The van der Waals surface area contributed by atoms with Crippen molar-refractivity contribution in [3.8, 4) is 11.5 Å². The molecule has 0 spiro atoms. The lowest BCUT2D eigenvalue weighted by Gasteiger charge is -2.35. The van der Waals surface area contributed by atoms with E-state index in [-0.39, 0.29) is 24.2 Å². The molecule has 2 saturated heterocycles. The number of aromatic carboxylic acids is 1. The first-order chi connectivity index (χ1) is 20.4. The molecule has 42 heavy (non-hydrogen) atoms. The van der Waals surface area contributed by atoms with Gasteiger partial charge < -0.3 is 23.9 Å². The van der Waals surface area contributed by atoms with Crippen molar-refractivity contribution >= 4 is 28.6 Å². The fourth-order valence-corrected chi connectivity index (χ4v) is 6.37. The van der Waals surface area contributed by atoms with Gasteiger partial charge in [0.25, 0.3) is 0 Å². The zero-order valence-electron chi connectivity index (χ0n) is 23.0. The van der Waals surface area contributed by atoms with Gasteiger partial charge in [0.1, 0.15) is 18.2 Å². The SMILES string of the molecule is O=C(O)c1ccc2nc(CN3CCC(c4cccc5c4O[C@H](c4ccc(Cl)cc4F)CO5)CC3)n(C[C@@H]3CCO3)c2c1. The van der Waals surface area contributed by atoms with Gasteiger partial charge in [-0.1, -0.05) is 29.8 Å². The molecule has 2 fully saturated rings. The van der Waals surface area contributed by atoms with Crippen LogP contribution in [0.15, 0.2) is 54.6 Å². The Hall–Kier alpha value is -3.66. The number of ether oxygens (including phenoxy) is 3. The Balaban J connectivity index is 1.07. The molecule has 10 heteroatoms. The molecule has 0 unspecified atom stereocenters. The second-order valence-electron chi connectivity index (χ2n) is 11.2. The normalized spacial score (nSPS) is 20.9. The summed E-state index contributed by atoms with van der Waals surface area (Å²) in [6.45, 7) is 4.05. The van der Waals surface area contributed by atoms with Crippen LogP contribution in [-0.4, -0.2) is 57.9 Å². The third kappa shape index (κ3) is 5.21. The summed E-state index contributed by atoms with van der Waals surface area (Å²) < 4.78 is 34.9. The first-order valence-corrected chi connectivity index (χ1v) is 14.7. The van der Waals surface area contributed by atoms with Gasteiger partial charge >= 0.3 is 5.97 Å². The number of aromatic nitrogens is 2. The number of hydrogen-bond donors (Lipinski definition) is 1. The van der Waals surface area contributed by atoms with Crippen LogP contribution in [0.4, 0.5) is 4.39 Å². The lowest BCUT2D eigenvalue weighted by Crippen LogP contribution is -2.35. The molecule has 3 aliphatic rings. The van der Waals surface area contributed by atoms with E-state index >= 15 is 0 Å². The molecule has 0 bridgehead atoms. The Labute approximate surface area is 247 Å². The maximum Gasteiger partial charge on any atom is 0.335 e. The van der Waals surface area contributed by atoms with Crippen molar-refractivity contribution in [3.63, 3.8) is 0 Å². The van der Waals surface area contributed by atoms with E-state index in [4.69, 9.17) is 30.8 Å². The van der Waals surface area contributed by atoms with Crippen LogP contribution in [0.5, 0.6) is 11.5 Å². The third-order valence-electron chi connectivity index (χ3n) is 8.62. The highest BCUT2D eigenvalue weighted by atomic mass is 35.5. The quantitative estimate of drug-likeness (QED) is 0.273. The number of imidazole rings is 1. The summed E-state index contributed by atoms with van der Waals surface area (Å²) in [4.78, 5) is 18.9. The van der Waals surface area contributed by atoms with Crippen molar-refractivity contribution in [1.29, 1.82) is 0 Å². The lowest BCUT2D eigenvalue weighted by atomic mass is 9.88. The summed E-state index contributed by atoms with van der Waals surface area (Å²) in [5.41, 5.74) is 3.39. The highest BCUT2D eigenvalue weighted by molar-refractivity contribution is 6.30. The van der Waals surface area contributed by atoms with Gasteiger partial charge in [0, 0.05) is 22.8 Å². The summed E-state index contributed by atoms with van der Waals surface area (Å²) in [5.74, 6) is 1.22. The monoisotopic (exact) mass is 591 g/mol. The number of likely N-dealkylation sites (tertiary alicyclic amines) is 1. The zero-order chi connectivity index (χ0) is 28.8. The molecule has 4 heterocycles. The molecule has 8 nitrogen and oxygen atoms in total. The molecule has 7 rings (SSSR count). The summed E-state index contributed by atoms with van der Waals surface area (Å²) in [7, 11) is 0. The molecule has 2 atom stereocenters. The van der Waals surface area contributed by atoms with E-state index in [0.717, 1.165) is 61.4 Å². The Bertz CT molecular complexity index is 1650. The molecule has 0 radical (unpaired) electrons. The summed E-state index contributed by atoms with van der Waals surface area (Å²) in [6.07, 6.45) is 2.41. The molecule has 3 aromatic carbocycles. The molecule has 0 saturated carbocycles. The molecule has 0 aliphatic carbocycles. The van der Waals surface area contributed by atoms with Crippen LogP contribution in [0.3, 0.4) is 0 Å². The Morgan fingerprint density at radius 1 is 1.07 bits per heavy atom. The number of benzene rings is 3. The van der Waals surface area contributed by atoms with Gasteiger partial charge in [-0.05, 0) is 74.7 Å². The first-order valence-electron chi connectivity index (χ1n) is 14.4. The first kappa shape index (κ1) is 27.2. The highest BCUT2D eigenvalue weighted by Gasteiger charge is 2.31. The van der Waals surface area contributed by atoms with Crippen LogP contribution in [0, 0.1) is 5.82 Å². The summed E-state index contributed by atoms with van der Waals surface area (Å²) >= 11 is 5.96. The number of carboxylic acid groups (broad SMARTS) is 1. The van der Waals surface area contributed by atoms with Gasteiger partial charge in [-0.25, -0.2) is 14.2 Å². The number of para-hydroxylation sites is 1. The predicted octanol–water partition coefficient (Wildman–Crippen LogP) is 6.21. The Kier molecular flexibility index (Phi) is 7.25. The van der Waals surface area contributed by atoms with E-state index in [1.165, 1.54) is 6.07 Å². The van der Waals surface area contributed by atoms with Crippen molar-refractivity contribution < 1.29 is 28.5 Å². The van der Waals surface area contributed by atoms with Gasteiger partial charge in [-0.3, -0.25) is 4.90 Å². The minimum atomic E-state index is -0.949. The number of piperidine rings is 1. The fraction of sp³-hybridized carbons (Fsp3) is 0.375. The molecule has 1 aromatic heterocycles. The molecule has 218 valence electrons. The Morgan fingerprint density at radius 2 is 1.90 bits per heavy atom. The van der Waals surface area contributed by atoms with Crippen LogP contribution < -0.4 is 9.47 Å². The number of carboxylic acids is 1. The third-order valence-corrected chi connectivity index (χ3v) is 8.85. The summed E-state index contributed by atoms with van der Waals surface area (Å²) in [5, 5.41) is 9.87. The van der Waals surface area contributed by atoms with Crippen LogP contribution in [-0.2, 0) is 17.8 Å². The van der Waals surface area contributed by atoms with Gasteiger partial charge in [0.05, 0.1) is 35.8 Å². The van der Waals surface area contributed by atoms with E-state index < -0.39 is 17.9 Å². The zero-order valence-corrected chi connectivity index (χ0v) is 23.7. The number of rotatable bonds is 7. The van der Waals surface area contributed by atoms with E-state index in [2.05, 4.69) is 15.5 Å². The number of halogens is 2. The Morgan fingerprint density at radius 3 is 2.64 bits per heavy atom. The van der Waals surface area contributed by atoms with E-state index in [9.17, 15) is 14.3 Å². The van der Waals surface area contributed by atoms with Gasteiger partial charge in [0.2, 0.25) is 0 Å². The van der Waals surface area contributed by atoms with Crippen molar-refractivity contribution in [2.75, 3.05) is 26.3 Å².